The quantitative estimate of drug-likeness (QED) is 0.0195. The summed E-state index contributed by atoms with van der Waals surface area (Å²) >= 11 is 0. The van der Waals surface area contributed by atoms with E-state index in [9.17, 15) is 19.0 Å². The highest BCUT2D eigenvalue weighted by molar-refractivity contribution is 7.45. The van der Waals surface area contributed by atoms with Gasteiger partial charge in [-0.3, -0.25) is 14.2 Å². The zero-order valence-corrected chi connectivity index (χ0v) is 45.4. The van der Waals surface area contributed by atoms with Gasteiger partial charge in [0.15, 0.2) is 6.10 Å². The van der Waals surface area contributed by atoms with Crippen LogP contribution in [0.1, 0.15) is 200 Å². The van der Waals surface area contributed by atoms with Crippen molar-refractivity contribution in [3.63, 3.8) is 0 Å². The van der Waals surface area contributed by atoms with Gasteiger partial charge in [0.2, 0.25) is 0 Å². The van der Waals surface area contributed by atoms with Gasteiger partial charge in [0.25, 0.3) is 7.82 Å². The Labute approximate surface area is 423 Å². The largest absolute Gasteiger partial charge is 0.756 e. The molecule has 0 radical (unpaired) electrons. The number of unbranched alkanes of at least 4 members (excludes halogenated alkanes) is 16. The van der Waals surface area contributed by atoms with Crippen LogP contribution in [0.2, 0.25) is 0 Å². The third-order valence-corrected chi connectivity index (χ3v) is 12.0. The third kappa shape index (κ3) is 53.9. The van der Waals surface area contributed by atoms with Crippen LogP contribution in [0, 0.1) is 0 Å². The van der Waals surface area contributed by atoms with Gasteiger partial charge in [-0.05, 0) is 103 Å². The summed E-state index contributed by atoms with van der Waals surface area (Å²) in [6.07, 6.45) is 68.3. The fraction of sp³-hybridized carbons (Fsp3) is 0.661. The highest BCUT2D eigenvalue weighted by atomic mass is 31.2. The summed E-state index contributed by atoms with van der Waals surface area (Å²) in [4.78, 5) is 37.8. The lowest BCUT2D eigenvalue weighted by molar-refractivity contribution is -0.870. The Balaban J connectivity index is 4.31. The van der Waals surface area contributed by atoms with Gasteiger partial charge in [-0.25, -0.2) is 0 Å². The molecule has 0 spiro atoms. The van der Waals surface area contributed by atoms with Crippen molar-refractivity contribution in [2.24, 2.45) is 0 Å². The molecule has 0 N–H and O–H groups in total. The maximum absolute atomic E-state index is 12.8. The van der Waals surface area contributed by atoms with Crippen molar-refractivity contribution >= 4 is 19.8 Å². The van der Waals surface area contributed by atoms with E-state index in [1.165, 1.54) is 51.4 Å². The molecule has 2 atom stereocenters. The summed E-state index contributed by atoms with van der Waals surface area (Å²) in [5.74, 6) is -0.873. The monoisotopic (exact) mass is 982 g/mol. The number of rotatable bonds is 48. The van der Waals surface area contributed by atoms with E-state index in [0.29, 0.717) is 23.9 Å². The zero-order chi connectivity index (χ0) is 50.6. The molecular formula is C59H100NO8P. The van der Waals surface area contributed by atoms with Crippen LogP contribution in [0.4, 0.5) is 0 Å². The lowest BCUT2D eigenvalue weighted by Crippen LogP contribution is -2.37. The van der Waals surface area contributed by atoms with Gasteiger partial charge < -0.3 is 27.9 Å². The fourth-order valence-electron chi connectivity index (χ4n) is 6.84. The van der Waals surface area contributed by atoms with E-state index in [2.05, 4.69) is 123 Å². The van der Waals surface area contributed by atoms with Crippen molar-refractivity contribution in [2.75, 3.05) is 47.5 Å². The highest BCUT2D eigenvalue weighted by Crippen LogP contribution is 2.38. The van der Waals surface area contributed by atoms with Crippen LogP contribution >= 0.6 is 7.82 Å². The van der Waals surface area contributed by atoms with Crippen molar-refractivity contribution < 1.29 is 42.1 Å². The Morgan fingerprint density at radius 1 is 0.464 bits per heavy atom. The molecule has 0 aromatic heterocycles. The number of quaternary nitrogens is 1. The maximum atomic E-state index is 12.8. The first-order chi connectivity index (χ1) is 33.5. The molecule has 0 bridgehead atoms. The Morgan fingerprint density at radius 2 is 0.826 bits per heavy atom. The molecule has 9 nitrogen and oxygen atoms in total. The Bertz CT molecular complexity index is 1530. The lowest BCUT2D eigenvalue weighted by Gasteiger charge is -2.28. The highest BCUT2D eigenvalue weighted by Gasteiger charge is 2.21. The number of phosphoric ester groups is 1. The number of hydrogen-bond acceptors (Lipinski definition) is 8. The number of hydrogen-bond donors (Lipinski definition) is 0. The van der Waals surface area contributed by atoms with Gasteiger partial charge in [-0.15, -0.1) is 0 Å². The number of phosphoric acid groups is 1. The smallest absolute Gasteiger partial charge is 0.306 e. The van der Waals surface area contributed by atoms with Crippen molar-refractivity contribution in [3.8, 4) is 0 Å². The van der Waals surface area contributed by atoms with Crippen LogP contribution in [0.3, 0.4) is 0 Å². The summed E-state index contributed by atoms with van der Waals surface area (Å²) in [6, 6.07) is 0. The summed E-state index contributed by atoms with van der Waals surface area (Å²) in [5.41, 5.74) is 0. The molecule has 394 valence electrons. The molecule has 0 heterocycles. The van der Waals surface area contributed by atoms with Crippen LogP contribution in [0.5, 0.6) is 0 Å². The average Bonchev–Trinajstić information content (AvgIpc) is 3.31. The van der Waals surface area contributed by atoms with Crippen molar-refractivity contribution in [2.45, 2.75) is 206 Å². The molecule has 0 aliphatic carbocycles. The van der Waals surface area contributed by atoms with E-state index < -0.39 is 32.5 Å². The van der Waals surface area contributed by atoms with Crippen LogP contribution < -0.4 is 4.89 Å². The van der Waals surface area contributed by atoms with Gasteiger partial charge in [0.05, 0.1) is 27.7 Å². The molecule has 0 aliphatic rings. The summed E-state index contributed by atoms with van der Waals surface area (Å²) < 4.78 is 34.1. The van der Waals surface area contributed by atoms with Gasteiger partial charge in [0.1, 0.15) is 19.8 Å². The predicted octanol–water partition coefficient (Wildman–Crippen LogP) is 16.0. The number of nitrogens with zero attached hydrogens (tertiary/aromatic N) is 1. The molecule has 2 unspecified atom stereocenters. The van der Waals surface area contributed by atoms with Gasteiger partial charge in [-0.1, -0.05) is 194 Å². The van der Waals surface area contributed by atoms with Crippen molar-refractivity contribution in [3.05, 3.63) is 109 Å². The SMILES string of the molecule is CC/C=C\C/C=C\C/C=C\C/C=C\C/C=C\C/C=C\C/C=C\CCCCCCCC(=O)OC(COC(=O)CCCCCCCCC/C=C\C/C=C\CCCCCC)COP(=O)([O-])OCC[N+](C)(C)C. The van der Waals surface area contributed by atoms with Gasteiger partial charge in [-0.2, -0.15) is 0 Å². The second-order valence-electron chi connectivity index (χ2n) is 18.9. The third-order valence-electron chi connectivity index (χ3n) is 11.0. The standard InChI is InChI=1S/C59H100NO8P/c1-6-8-10-12-14-16-18-20-22-24-26-27-28-29-30-31-32-33-34-36-38-40-42-44-46-48-50-52-59(62)68-57(56-67-69(63,64)66-54-53-60(3,4)5)55-65-58(61)51-49-47-45-43-41-39-37-35-25-23-21-19-17-15-13-11-9-7-2/h8,10,14,16-17,19-20,22-23,25-27,29-30,32-33,36,38,57H,6-7,9,11-13,15,18,21,24,28,31,34-35,37,39-56H2,1-5H3/b10-8-,16-14-,19-17-,22-20-,25-23-,27-26-,30-29-,33-32-,38-36-. The Hall–Kier alpha value is -3.33. The van der Waals surface area contributed by atoms with Crippen LogP contribution in [0.15, 0.2) is 109 Å². The Morgan fingerprint density at radius 3 is 1.23 bits per heavy atom. The number of esters is 2. The number of allylic oxidation sites excluding steroid dienone is 18. The normalized spacial score (nSPS) is 14.2. The topological polar surface area (TPSA) is 111 Å². The number of carbonyl (C=O) groups excluding carboxylic acids is 2. The van der Waals surface area contributed by atoms with Crippen LogP contribution in [-0.4, -0.2) is 70.0 Å². The van der Waals surface area contributed by atoms with Crippen molar-refractivity contribution in [1.29, 1.82) is 0 Å². The molecule has 0 fully saturated rings. The minimum absolute atomic E-state index is 0.0426. The molecule has 0 aliphatic heterocycles. The fourth-order valence-corrected chi connectivity index (χ4v) is 7.57. The molecule has 0 amide bonds. The van der Waals surface area contributed by atoms with E-state index >= 15 is 0 Å². The molecule has 0 aromatic carbocycles. The molecule has 69 heavy (non-hydrogen) atoms. The number of carbonyl (C=O) groups is 2. The summed E-state index contributed by atoms with van der Waals surface area (Å²) in [5, 5.41) is 0. The average molecular weight is 982 g/mol. The summed E-state index contributed by atoms with van der Waals surface area (Å²) in [7, 11) is 1.13. The second kappa shape index (κ2) is 49.6. The van der Waals surface area contributed by atoms with E-state index in [0.717, 1.165) is 109 Å². The first kappa shape index (κ1) is 65.7. The lowest BCUT2D eigenvalue weighted by atomic mass is 10.1. The minimum atomic E-state index is -4.65. The van der Waals surface area contributed by atoms with Crippen LogP contribution in [0.25, 0.3) is 0 Å². The van der Waals surface area contributed by atoms with Gasteiger partial charge >= 0.3 is 11.9 Å². The van der Waals surface area contributed by atoms with E-state index in [1.54, 1.807) is 0 Å². The molecular weight excluding hydrogens is 882 g/mol. The van der Waals surface area contributed by atoms with Crippen LogP contribution in [-0.2, 0) is 32.7 Å². The molecule has 0 rings (SSSR count). The molecule has 0 saturated carbocycles. The molecule has 0 saturated heterocycles. The van der Waals surface area contributed by atoms with E-state index in [-0.39, 0.29) is 26.1 Å². The summed E-state index contributed by atoms with van der Waals surface area (Å²) in [6.45, 7) is 4.06. The van der Waals surface area contributed by atoms with E-state index in [4.69, 9.17) is 18.5 Å². The molecule has 0 aromatic rings. The maximum Gasteiger partial charge on any atom is 0.306 e. The first-order valence-corrected chi connectivity index (χ1v) is 28.6. The van der Waals surface area contributed by atoms with Gasteiger partial charge in [0, 0.05) is 12.8 Å². The van der Waals surface area contributed by atoms with Crippen molar-refractivity contribution in [1.82, 2.24) is 0 Å². The first-order valence-electron chi connectivity index (χ1n) is 27.1. The van der Waals surface area contributed by atoms with E-state index in [1.807, 2.05) is 21.1 Å². The zero-order valence-electron chi connectivity index (χ0n) is 44.5. The molecule has 10 heteroatoms. The second-order valence-corrected chi connectivity index (χ2v) is 20.3. The number of likely N-dealkylation sites (N-methyl/N-ethyl adjacent to an activating group) is 1. The Kier molecular flexibility index (Phi) is 47.2. The minimum Gasteiger partial charge on any atom is -0.756 e. The predicted molar refractivity (Wildman–Crippen MR) is 291 cm³/mol. The number of ether oxygens (including phenoxy) is 2.